The van der Waals surface area contributed by atoms with Crippen molar-refractivity contribution in [3.05, 3.63) is 17.5 Å². The van der Waals surface area contributed by atoms with Gasteiger partial charge in [-0.3, -0.25) is 9.69 Å². The number of carbonyl (C=O) groups is 1. The highest BCUT2D eigenvalue weighted by Gasteiger charge is 2.37. The molecule has 0 spiro atoms. The van der Waals surface area contributed by atoms with E-state index in [0.717, 1.165) is 18.8 Å². The van der Waals surface area contributed by atoms with Crippen LogP contribution in [0.15, 0.2) is 10.6 Å². The van der Waals surface area contributed by atoms with E-state index in [9.17, 15) is 4.79 Å². The molecular weight excluding hydrogens is 254 g/mol. The molecule has 0 aromatic carbocycles. The van der Waals surface area contributed by atoms with Gasteiger partial charge in [-0.2, -0.15) is 0 Å². The second-order valence-corrected chi connectivity index (χ2v) is 6.37. The van der Waals surface area contributed by atoms with Crippen LogP contribution in [0, 0.1) is 0 Å². The van der Waals surface area contributed by atoms with E-state index in [-0.39, 0.29) is 17.9 Å². The van der Waals surface area contributed by atoms with Gasteiger partial charge in [0.15, 0.2) is 5.69 Å². The number of hydrogen-bond donors (Lipinski definition) is 0. The van der Waals surface area contributed by atoms with Gasteiger partial charge in [0.25, 0.3) is 5.91 Å². The SMILES string of the molecule is CC(C)c1cc(C(=O)N2C[C@H]3CCCN3C[C@@H]2C)no1. The number of aromatic nitrogens is 1. The molecule has 2 aliphatic rings. The maximum Gasteiger partial charge on any atom is 0.276 e. The van der Waals surface area contributed by atoms with Gasteiger partial charge in [-0.05, 0) is 26.3 Å². The Kier molecular flexibility index (Phi) is 3.54. The van der Waals surface area contributed by atoms with Crippen molar-refractivity contribution in [2.45, 2.75) is 51.6 Å². The van der Waals surface area contributed by atoms with Crippen molar-refractivity contribution in [2.24, 2.45) is 0 Å². The molecule has 110 valence electrons. The molecule has 0 unspecified atom stereocenters. The standard InChI is InChI=1S/C15H23N3O2/c1-10(2)14-7-13(16-20-14)15(19)18-9-12-5-4-6-17(12)8-11(18)3/h7,10-12H,4-6,8-9H2,1-3H3/t11-,12+/m0/s1. The molecule has 0 aliphatic carbocycles. The first-order valence-electron chi connectivity index (χ1n) is 7.58. The highest BCUT2D eigenvalue weighted by atomic mass is 16.5. The van der Waals surface area contributed by atoms with Crippen molar-refractivity contribution in [1.29, 1.82) is 0 Å². The van der Waals surface area contributed by atoms with Gasteiger partial charge < -0.3 is 9.42 Å². The fourth-order valence-corrected chi connectivity index (χ4v) is 3.28. The van der Waals surface area contributed by atoms with Crippen molar-refractivity contribution in [3.8, 4) is 0 Å². The molecule has 2 saturated heterocycles. The topological polar surface area (TPSA) is 49.6 Å². The molecule has 5 nitrogen and oxygen atoms in total. The molecule has 2 fully saturated rings. The van der Waals surface area contributed by atoms with E-state index in [2.05, 4.69) is 17.0 Å². The number of carbonyl (C=O) groups excluding carboxylic acids is 1. The Labute approximate surface area is 119 Å². The Bertz CT molecular complexity index is 497. The average molecular weight is 277 g/mol. The smallest absolute Gasteiger partial charge is 0.276 e. The lowest BCUT2D eigenvalue weighted by Gasteiger charge is -2.41. The largest absolute Gasteiger partial charge is 0.360 e. The maximum atomic E-state index is 12.6. The van der Waals surface area contributed by atoms with E-state index in [1.165, 1.54) is 19.4 Å². The Morgan fingerprint density at radius 1 is 1.45 bits per heavy atom. The first-order chi connectivity index (χ1) is 9.56. The molecule has 0 bridgehead atoms. The molecule has 1 aromatic rings. The Morgan fingerprint density at radius 2 is 2.25 bits per heavy atom. The minimum Gasteiger partial charge on any atom is -0.360 e. The normalized spacial score (nSPS) is 27.1. The predicted molar refractivity (Wildman–Crippen MR) is 75.7 cm³/mol. The van der Waals surface area contributed by atoms with Gasteiger partial charge in [0.1, 0.15) is 5.76 Å². The summed E-state index contributed by atoms with van der Waals surface area (Å²) in [5.41, 5.74) is 0.451. The first kappa shape index (κ1) is 13.6. The van der Waals surface area contributed by atoms with Crippen molar-refractivity contribution in [3.63, 3.8) is 0 Å². The zero-order valence-corrected chi connectivity index (χ0v) is 12.5. The third kappa shape index (κ3) is 2.35. The molecule has 1 amide bonds. The number of nitrogens with zero attached hydrogens (tertiary/aromatic N) is 3. The molecule has 1 aromatic heterocycles. The number of amides is 1. The van der Waals surface area contributed by atoms with Crippen LogP contribution in [0.4, 0.5) is 0 Å². The Balaban J connectivity index is 1.75. The van der Waals surface area contributed by atoms with E-state index >= 15 is 0 Å². The molecule has 0 radical (unpaired) electrons. The van der Waals surface area contributed by atoms with E-state index in [1.807, 2.05) is 18.7 Å². The molecule has 0 saturated carbocycles. The molecule has 3 rings (SSSR count). The van der Waals surface area contributed by atoms with Crippen LogP contribution < -0.4 is 0 Å². The summed E-state index contributed by atoms with van der Waals surface area (Å²) >= 11 is 0. The first-order valence-corrected chi connectivity index (χ1v) is 7.58. The second-order valence-electron chi connectivity index (χ2n) is 6.37. The van der Waals surface area contributed by atoms with Crippen LogP contribution in [0.25, 0.3) is 0 Å². The van der Waals surface area contributed by atoms with Gasteiger partial charge in [0, 0.05) is 37.2 Å². The van der Waals surface area contributed by atoms with Crippen LogP contribution in [0.2, 0.25) is 0 Å². The molecule has 20 heavy (non-hydrogen) atoms. The number of hydrogen-bond acceptors (Lipinski definition) is 4. The summed E-state index contributed by atoms with van der Waals surface area (Å²) in [7, 11) is 0. The van der Waals surface area contributed by atoms with Crippen LogP contribution in [-0.2, 0) is 0 Å². The molecule has 2 atom stereocenters. The summed E-state index contributed by atoms with van der Waals surface area (Å²) in [5.74, 6) is 1.05. The predicted octanol–water partition coefficient (Wildman–Crippen LogP) is 2.11. The van der Waals surface area contributed by atoms with Gasteiger partial charge in [0.05, 0.1) is 0 Å². The Hall–Kier alpha value is -1.36. The van der Waals surface area contributed by atoms with Crippen LogP contribution in [0.5, 0.6) is 0 Å². The minimum absolute atomic E-state index is 0.0136. The lowest BCUT2D eigenvalue weighted by atomic mass is 10.1. The Morgan fingerprint density at radius 3 is 2.95 bits per heavy atom. The fraction of sp³-hybridized carbons (Fsp3) is 0.733. The summed E-state index contributed by atoms with van der Waals surface area (Å²) in [4.78, 5) is 17.1. The minimum atomic E-state index is 0.0136. The van der Waals surface area contributed by atoms with Gasteiger partial charge >= 0.3 is 0 Å². The van der Waals surface area contributed by atoms with Crippen LogP contribution >= 0.6 is 0 Å². The van der Waals surface area contributed by atoms with E-state index < -0.39 is 0 Å². The summed E-state index contributed by atoms with van der Waals surface area (Å²) in [6.07, 6.45) is 2.45. The van der Waals surface area contributed by atoms with Crippen LogP contribution in [0.3, 0.4) is 0 Å². The van der Waals surface area contributed by atoms with Gasteiger partial charge in [-0.1, -0.05) is 19.0 Å². The second kappa shape index (κ2) is 5.20. The van der Waals surface area contributed by atoms with E-state index in [1.54, 1.807) is 6.07 Å². The molecular formula is C15H23N3O2. The van der Waals surface area contributed by atoms with Crippen molar-refractivity contribution >= 4 is 5.91 Å². The summed E-state index contributed by atoms with van der Waals surface area (Å²) < 4.78 is 5.25. The summed E-state index contributed by atoms with van der Waals surface area (Å²) in [6, 6.07) is 2.57. The van der Waals surface area contributed by atoms with Gasteiger partial charge in [0.2, 0.25) is 0 Å². The van der Waals surface area contributed by atoms with Gasteiger partial charge in [-0.25, -0.2) is 0 Å². The highest BCUT2D eigenvalue weighted by molar-refractivity contribution is 5.92. The number of piperazine rings is 1. The lowest BCUT2D eigenvalue weighted by molar-refractivity contribution is 0.0386. The number of rotatable bonds is 2. The van der Waals surface area contributed by atoms with Gasteiger partial charge in [-0.15, -0.1) is 0 Å². The quantitative estimate of drug-likeness (QED) is 0.830. The average Bonchev–Trinajstić information content (AvgIpc) is 3.05. The number of fused-ring (bicyclic) bond motifs is 1. The van der Waals surface area contributed by atoms with Crippen molar-refractivity contribution < 1.29 is 9.32 Å². The van der Waals surface area contributed by atoms with Crippen molar-refractivity contribution in [2.75, 3.05) is 19.6 Å². The third-order valence-corrected chi connectivity index (χ3v) is 4.51. The van der Waals surface area contributed by atoms with E-state index in [4.69, 9.17) is 4.52 Å². The zero-order chi connectivity index (χ0) is 14.3. The summed E-state index contributed by atoms with van der Waals surface area (Å²) in [5, 5.41) is 3.95. The zero-order valence-electron chi connectivity index (χ0n) is 12.5. The fourth-order valence-electron chi connectivity index (χ4n) is 3.28. The third-order valence-electron chi connectivity index (χ3n) is 4.51. The van der Waals surface area contributed by atoms with E-state index in [0.29, 0.717) is 11.7 Å². The molecule has 5 heteroatoms. The maximum absolute atomic E-state index is 12.6. The molecule has 3 heterocycles. The monoisotopic (exact) mass is 277 g/mol. The highest BCUT2D eigenvalue weighted by Crippen LogP contribution is 2.26. The van der Waals surface area contributed by atoms with Crippen LogP contribution in [-0.4, -0.2) is 52.6 Å². The molecule has 0 N–H and O–H groups in total. The summed E-state index contributed by atoms with van der Waals surface area (Å²) in [6.45, 7) is 9.17. The lowest BCUT2D eigenvalue weighted by Crippen LogP contribution is -2.56. The molecule has 2 aliphatic heterocycles. The van der Waals surface area contributed by atoms with Crippen molar-refractivity contribution in [1.82, 2.24) is 15.0 Å². The van der Waals surface area contributed by atoms with Crippen LogP contribution in [0.1, 0.15) is 55.8 Å².